The molecule has 0 amide bonds. The summed E-state index contributed by atoms with van der Waals surface area (Å²) in [6.45, 7) is -0.223. The molecule has 1 aromatic heterocycles. The Bertz CT molecular complexity index is 320. The minimum Gasteiger partial charge on any atom is -0.348 e. The van der Waals surface area contributed by atoms with Crippen molar-refractivity contribution in [1.29, 1.82) is 0 Å². The molecule has 2 nitrogen and oxygen atoms in total. The van der Waals surface area contributed by atoms with Gasteiger partial charge in [-0.05, 0) is 30.4 Å². The molecule has 2 N–H and O–H groups in total. The lowest BCUT2D eigenvalue weighted by Gasteiger charge is -2.17. The lowest BCUT2D eigenvalue weighted by atomic mass is 9.92. The lowest BCUT2D eigenvalue weighted by Crippen LogP contribution is -2.15. The molecule has 14 heavy (non-hydrogen) atoms. The van der Waals surface area contributed by atoms with Gasteiger partial charge in [0.2, 0.25) is 0 Å². The average Bonchev–Trinajstić information content (AvgIpc) is 2.47. The Morgan fingerprint density at radius 3 is 2.93 bits per heavy atom. The lowest BCUT2D eigenvalue weighted by molar-refractivity contribution is 0.126. The van der Waals surface area contributed by atoms with E-state index in [1.807, 2.05) is 0 Å². The number of nitrogens with zero attached hydrogens (tertiary/aromatic N) is 1. The standard InChI is InChI=1S/C10H14F2N2/c11-10(12)6-14-4-7-2-1-3-9(13)8(7)5-14/h4-5,9-10H,1-3,6,13H2. The largest absolute Gasteiger partial charge is 0.348 e. The number of fused-ring (bicyclic) bond motifs is 1. The summed E-state index contributed by atoms with van der Waals surface area (Å²) in [5.74, 6) is 0. The normalized spacial score (nSPS) is 21.3. The van der Waals surface area contributed by atoms with Gasteiger partial charge >= 0.3 is 0 Å². The number of hydrogen-bond donors (Lipinski definition) is 1. The van der Waals surface area contributed by atoms with Crippen molar-refractivity contribution in [2.75, 3.05) is 0 Å². The zero-order chi connectivity index (χ0) is 10.1. The van der Waals surface area contributed by atoms with Crippen molar-refractivity contribution in [3.8, 4) is 0 Å². The molecule has 1 unspecified atom stereocenters. The van der Waals surface area contributed by atoms with Crippen LogP contribution in [0.4, 0.5) is 8.78 Å². The van der Waals surface area contributed by atoms with E-state index in [1.165, 1.54) is 0 Å². The maximum absolute atomic E-state index is 12.1. The first-order valence-corrected chi connectivity index (χ1v) is 4.89. The first kappa shape index (κ1) is 9.65. The molecule has 0 aromatic carbocycles. The summed E-state index contributed by atoms with van der Waals surface area (Å²) < 4.78 is 25.8. The summed E-state index contributed by atoms with van der Waals surface area (Å²) in [6, 6.07) is 0.0395. The zero-order valence-corrected chi connectivity index (χ0v) is 7.92. The van der Waals surface area contributed by atoms with Crippen molar-refractivity contribution in [2.45, 2.75) is 38.3 Å². The van der Waals surface area contributed by atoms with Crippen LogP contribution in [0, 0.1) is 0 Å². The van der Waals surface area contributed by atoms with E-state index in [1.54, 1.807) is 17.0 Å². The van der Waals surface area contributed by atoms with Gasteiger partial charge in [-0.2, -0.15) is 0 Å². The molecule has 1 atom stereocenters. The molecule has 0 saturated carbocycles. The van der Waals surface area contributed by atoms with Gasteiger partial charge in [-0.3, -0.25) is 0 Å². The minimum atomic E-state index is -2.29. The van der Waals surface area contributed by atoms with Crippen molar-refractivity contribution in [3.05, 3.63) is 23.5 Å². The molecule has 4 heteroatoms. The van der Waals surface area contributed by atoms with Gasteiger partial charge in [0.05, 0.1) is 6.54 Å². The molecule has 1 aromatic rings. The van der Waals surface area contributed by atoms with Gasteiger partial charge < -0.3 is 10.3 Å². The van der Waals surface area contributed by atoms with Gasteiger partial charge in [0.1, 0.15) is 0 Å². The van der Waals surface area contributed by atoms with E-state index in [4.69, 9.17) is 5.73 Å². The number of hydrogen-bond acceptors (Lipinski definition) is 1. The molecule has 1 aliphatic rings. The molecule has 0 bridgehead atoms. The first-order chi connectivity index (χ1) is 6.66. The van der Waals surface area contributed by atoms with Crippen LogP contribution in [0.1, 0.15) is 30.0 Å². The van der Waals surface area contributed by atoms with Gasteiger partial charge in [-0.25, -0.2) is 8.78 Å². The zero-order valence-electron chi connectivity index (χ0n) is 7.92. The van der Waals surface area contributed by atoms with Crippen LogP contribution in [0.2, 0.25) is 0 Å². The van der Waals surface area contributed by atoms with Crippen LogP contribution in [0.3, 0.4) is 0 Å². The maximum Gasteiger partial charge on any atom is 0.256 e. The summed E-state index contributed by atoms with van der Waals surface area (Å²) in [4.78, 5) is 0. The Labute approximate surface area is 81.7 Å². The molecule has 0 spiro atoms. The van der Waals surface area contributed by atoms with Crippen LogP contribution in [0.25, 0.3) is 0 Å². The fourth-order valence-corrected chi connectivity index (χ4v) is 2.05. The van der Waals surface area contributed by atoms with Crippen LogP contribution in [-0.2, 0) is 13.0 Å². The van der Waals surface area contributed by atoms with Crippen molar-refractivity contribution in [2.24, 2.45) is 5.73 Å². The highest BCUT2D eigenvalue weighted by molar-refractivity contribution is 5.29. The third-order valence-electron chi connectivity index (χ3n) is 2.71. The van der Waals surface area contributed by atoms with Gasteiger partial charge in [-0.1, -0.05) is 0 Å². The van der Waals surface area contributed by atoms with Gasteiger partial charge in [0.15, 0.2) is 0 Å². The van der Waals surface area contributed by atoms with E-state index >= 15 is 0 Å². The number of rotatable bonds is 2. The van der Waals surface area contributed by atoms with E-state index in [-0.39, 0.29) is 12.6 Å². The molecule has 0 aliphatic heterocycles. The highest BCUT2D eigenvalue weighted by atomic mass is 19.3. The van der Waals surface area contributed by atoms with E-state index in [2.05, 4.69) is 0 Å². The van der Waals surface area contributed by atoms with Gasteiger partial charge in [-0.15, -0.1) is 0 Å². The Morgan fingerprint density at radius 2 is 2.29 bits per heavy atom. The average molecular weight is 200 g/mol. The van der Waals surface area contributed by atoms with Gasteiger partial charge in [0.25, 0.3) is 6.43 Å². The fourth-order valence-electron chi connectivity index (χ4n) is 2.05. The number of aryl methyl sites for hydroxylation is 1. The third kappa shape index (κ3) is 1.80. The second-order valence-electron chi connectivity index (χ2n) is 3.83. The Balaban J connectivity index is 2.21. The third-order valence-corrected chi connectivity index (χ3v) is 2.71. The Morgan fingerprint density at radius 1 is 1.50 bits per heavy atom. The Kier molecular flexibility index (Phi) is 2.54. The monoisotopic (exact) mass is 200 g/mol. The number of alkyl halides is 2. The fraction of sp³-hybridized carbons (Fsp3) is 0.600. The molecular weight excluding hydrogens is 186 g/mol. The van der Waals surface area contributed by atoms with Crippen molar-refractivity contribution in [1.82, 2.24) is 4.57 Å². The van der Waals surface area contributed by atoms with Crippen molar-refractivity contribution < 1.29 is 8.78 Å². The predicted octanol–water partition coefficient (Wildman–Crippen LogP) is 2.09. The molecule has 0 radical (unpaired) electrons. The Hall–Kier alpha value is -0.900. The summed E-state index contributed by atoms with van der Waals surface area (Å²) in [5, 5.41) is 0. The number of aromatic nitrogens is 1. The quantitative estimate of drug-likeness (QED) is 0.778. The molecule has 0 fully saturated rings. The van der Waals surface area contributed by atoms with Crippen LogP contribution in [0.5, 0.6) is 0 Å². The molecule has 0 saturated heterocycles. The van der Waals surface area contributed by atoms with Crippen molar-refractivity contribution >= 4 is 0 Å². The highest BCUT2D eigenvalue weighted by Crippen LogP contribution is 2.28. The molecule has 1 heterocycles. The number of halogens is 2. The predicted molar refractivity (Wildman–Crippen MR) is 50.3 cm³/mol. The number of nitrogens with two attached hydrogens (primary N) is 1. The SMILES string of the molecule is NC1CCCc2cn(CC(F)F)cc21. The summed E-state index contributed by atoms with van der Waals surface area (Å²) in [7, 11) is 0. The van der Waals surface area contributed by atoms with Crippen molar-refractivity contribution in [3.63, 3.8) is 0 Å². The molecule has 2 rings (SSSR count). The molecule has 78 valence electrons. The van der Waals surface area contributed by atoms with E-state index < -0.39 is 6.43 Å². The molecular formula is C10H14F2N2. The second-order valence-corrected chi connectivity index (χ2v) is 3.83. The maximum atomic E-state index is 12.1. The second kappa shape index (κ2) is 3.69. The van der Waals surface area contributed by atoms with Crippen LogP contribution < -0.4 is 5.73 Å². The summed E-state index contributed by atoms with van der Waals surface area (Å²) in [6.07, 6.45) is 4.28. The van der Waals surface area contributed by atoms with E-state index in [9.17, 15) is 8.78 Å². The van der Waals surface area contributed by atoms with Crippen LogP contribution in [-0.4, -0.2) is 11.0 Å². The van der Waals surface area contributed by atoms with Crippen LogP contribution in [0.15, 0.2) is 12.4 Å². The summed E-state index contributed by atoms with van der Waals surface area (Å²) >= 11 is 0. The molecule has 1 aliphatic carbocycles. The van der Waals surface area contributed by atoms with Crippen LogP contribution >= 0.6 is 0 Å². The van der Waals surface area contributed by atoms with E-state index in [0.717, 1.165) is 30.4 Å². The summed E-state index contributed by atoms with van der Waals surface area (Å²) in [5.41, 5.74) is 8.09. The van der Waals surface area contributed by atoms with E-state index in [0.29, 0.717) is 0 Å². The smallest absolute Gasteiger partial charge is 0.256 e. The highest BCUT2D eigenvalue weighted by Gasteiger charge is 2.19. The minimum absolute atomic E-state index is 0.0395. The first-order valence-electron chi connectivity index (χ1n) is 4.89. The van der Waals surface area contributed by atoms with Gasteiger partial charge in [0, 0.05) is 18.4 Å². The topological polar surface area (TPSA) is 30.9 Å².